The molecule has 0 aliphatic heterocycles. The van der Waals surface area contributed by atoms with E-state index in [-0.39, 0.29) is 12.4 Å². The molecule has 0 radical (unpaired) electrons. The van der Waals surface area contributed by atoms with Crippen LogP contribution in [0.4, 0.5) is 4.39 Å². The molecule has 0 spiro atoms. The zero-order valence-corrected chi connectivity index (χ0v) is 8.09. The molecule has 0 fully saturated rings. The van der Waals surface area contributed by atoms with Gasteiger partial charge in [0.1, 0.15) is 18.2 Å². The van der Waals surface area contributed by atoms with Crippen LogP contribution in [0.15, 0.2) is 30.4 Å². The summed E-state index contributed by atoms with van der Waals surface area (Å²) in [7, 11) is 0. The van der Waals surface area contributed by atoms with Gasteiger partial charge in [-0.05, 0) is 30.7 Å². The Balaban J connectivity index is 2.80. The number of hydrogen-bond donors (Lipinski definition) is 1. The first kappa shape index (κ1) is 10.7. The first-order valence-corrected chi connectivity index (χ1v) is 4.30. The Morgan fingerprint density at radius 1 is 1.57 bits per heavy atom. The van der Waals surface area contributed by atoms with E-state index in [1.165, 1.54) is 18.2 Å². The van der Waals surface area contributed by atoms with Crippen molar-refractivity contribution in [3.05, 3.63) is 41.7 Å². The van der Waals surface area contributed by atoms with E-state index < -0.39 is 0 Å². The predicted molar refractivity (Wildman–Crippen MR) is 52.6 cm³/mol. The smallest absolute Gasteiger partial charge is 0.125 e. The summed E-state index contributed by atoms with van der Waals surface area (Å²) in [6, 6.07) is 4.06. The van der Waals surface area contributed by atoms with Crippen molar-refractivity contribution in [3.63, 3.8) is 0 Å². The molecule has 0 heterocycles. The van der Waals surface area contributed by atoms with Crippen molar-refractivity contribution >= 4 is 0 Å². The minimum absolute atomic E-state index is 0.233. The van der Waals surface area contributed by atoms with Crippen LogP contribution in [-0.4, -0.2) is 11.7 Å². The Kier molecular flexibility index (Phi) is 3.65. The van der Waals surface area contributed by atoms with E-state index in [4.69, 9.17) is 9.84 Å². The second-order valence-electron chi connectivity index (χ2n) is 3.16. The summed E-state index contributed by atoms with van der Waals surface area (Å²) in [4.78, 5) is 0. The second-order valence-corrected chi connectivity index (χ2v) is 3.16. The summed E-state index contributed by atoms with van der Waals surface area (Å²) < 4.78 is 18.1. The Labute approximate surface area is 82.6 Å². The molecule has 0 saturated carbocycles. The van der Waals surface area contributed by atoms with Crippen LogP contribution in [-0.2, 0) is 6.61 Å². The number of ether oxygens (including phenoxy) is 1. The lowest BCUT2D eigenvalue weighted by atomic mass is 10.2. The zero-order valence-electron chi connectivity index (χ0n) is 8.09. The molecule has 0 aromatic heterocycles. The van der Waals surface area contributed by atoms with Gasteiger partial charge in [0.25, 0.3) is 0 Å². The van der Waals surface area contributed by atoms with Crippen molar-refractivity contribution in [2.45, 2.75) is 13.5 Å². The molecule has 1 aromatic rings. The van der Waals surface area contributed by atoms with Crippen LogP contribution in [0.1, 0.15) is 12.5 Å². The SMILES string of the molecule is C=C(C)COc1ccc(F)cc1CO. The maximum Gasteiger partial charge on any atom is 0.125 e. The molecule has 0 amide bonds. The highest BCUT2D eigenvalue weighted by atomic mass is 19.1. The topological polar surface area (TPSA) is 29.5 Å². The van der Waals surface area contributed by atoms with Gasteiger partial charge in [-0.2, -0.15) is 0 Å². The summed E-state index contributed by atoms with van der Waals surface area (Å²) in [5, 5.41) is 8.94. The molecule has 3 heteroatoms. The molecular weight excluding hydrogens is 183 g/mol. The molecule has 0 aliphatic rings. The molecule has 76 valence electrons. The van der Waals surface area contributed by atoms with Crippen molar-refractivity contribution in [2.24, 2.45) is 0 Å². The molecule has 1 rings (SSSR count). The molecule has 0 unspecified atom stereocenters. The average molecular weight is 196 g/mol. The van der Waals surface area contributed by atoms with Gasteiger partial charge in [0.2, 0.25) is 0 Å². The quantitative estimate of drug-likeness (QED) is 0.748. The van der Waals surface area contributed by atoms with Gasteiger partial charge in [-0.25, -0.2) is 4.39 Å². The first-order valence-electron chi connectivity index (χ1n) is 4.30. The van der Waals surface area contributed by atoms with E-state index in [1.807, 2.05) is 6.92 Å². The van der Waals surface area contributed by atoms with Crippen LogP contribution < -0.4 is 4.74 Å². The molecule has 0 atom stereocenters. The standard InChI is InChI=1S/C11H13FO2/c1-8(2)7-14-11-4-3-10(12)5-9(11)6-13/h3-5,13H,1,6-7H2,2H3. The fourth-order valence-corrected chi connectivity index (χ4v) is 1.01. The second kappa shape index (κ2) is 4.77. The molecule has 2 nitrogen and oxygen atoms in total. The monoisotopic (exact) mass is 196 g/mol. The highest BCUT2D eigenvalue weighted by Crippen LogP contribution is 2.19. The van der Waals surface area contributed by atoms with Crippen molar-refractivity contribution < 1.29 is 14.2 Å². The van der Waals surface area contributed by atoms with E-state index in [0.29, 0.717) is 17.9 Å². The van der Waals surface area contributed by atoms with Crippen molar-refractivity contribution in [2.75, 3.05) is 6.61 Å². The van der Waals surface area contributed by atoms with Crippen LogP contribution in [0.5, 0.6) is 5.75 Å². The Morgan fingerprint density at radius 2 is 2.29 bits per heavy atom. The number of hydrogen-bond acceptors (Lipinski definition) is 2. The summed E-state index contributed by atoms with van der Waals surface area (Å²) in [6.07, 6.45) is 0. The van der Waals surface area contributed by atoms with E-state index in [2.05, 4.69) is 6.58 Å². The third-order valence-corrected chi connectivity index (χ3v) is 1.67. The average Bonchev–Trinajstić information content (AvgIpc) is 2.15. The summed E-state index contributed by atoms with van der Waals surface area (Å²) in [5.74, 6) is 0.119. The molecular formula is C11H13FO2. The lowest BCUT2D eigenvalue weighted by Gasteiger charge is -2.09. The summed E-state index contributed by atoms with van der Waals surface area (Å²) >= 11 is 0. The van der Waals surface area contributed by atoms with Crippen LogP contribution in [0.25, 0.3) is 0 Å². The normalized spacial score (nSPS) is 9.93. The molecule has 0 aliphatic carbocycles. The van der Waals surface area contributed by atoms with Gasteiger partial charge in [-0.1, -0.05) is 6.58 Å². The van der Waals surface area contributed by atoms with Crippen LogP contribution >= 0.6 is 0 Å². The van der Waals surface area contributed by atoms with Gasteiger partial charge in [0.05, 0.1) is 6.61 Å². The minimum atomic E-state index is -0.378. The van der Waals surface area contributed by atoms with Crippen LogP contribution in [0.3, 0.4) is 0 Å². The minimum Gasteiger partial charge on any atom is -0.489 e. The van der Waals surface area contributed by atoms with Gasteiger partial charge in [0.15, 0.2) is 0 Å². The third kappa shape index (κ3) is 2.85. The van der Waals surface area contributed by atoms with Gasteiger partial charge >= 0.3 is 0 Å². The maximum absolute atomic E-state index is 12.7. The maximum atomic E-state index is 12.7. The van der Waals surface area contributed by atoms with Crippen LogP contribution in [0, 0.1) is 5.82 Å². The van der Waals surface area contributed by atoms with E-state index in [9.17, 15) is 4.39 Å². The largest absolute Gasteiger partial charge is 0.489 e. The molecule has 0 bridgehead atoms. The predicted octanol–water partition coefficient (Wildman–Crippen LogP) is 2.27. The number of halogens is 1. The number of aliphatic hydroxyl groups excluding tert-OH is 1. The number of benzene rings is 1. The molecule has 1 N–H and O–H groups in total. The van der Waals surface area contributed by atoms with Gasteiger partial charge in [-0.3, -0.25) is 0 Å². The molecule has 0 saturated heterocycles. The summed E-state index contributed by atoms with van der Waals surface area (Å²) in [6.45, 7) is 5.66. The Morgan fingerprint density at radius 3 is 2.86 bits per heavy atom. The first-order chi connectivity index (χ1) is 6.63. The Bertz CT molecular complexity index is 334. The van der Waals surface area contributed by atoms with Gasteiger partial charge < -0.3 is 9.84 Å². The molecule has 1 aromatic carbocycles. The van der Waals surface area contributed by atoms with E-state index >= 15 is 0 Å². The lowest BCUT2D eigenvalue weighted by Crippen LogP contribution is -2.01. The summed E-state index contributed by atoms with van der Waals surface area (Å²) in [5.41, 5.74) is 1.32. The third-order valence-electron chi connectivity index (χ3n) is 1.67. The molecule has 14 heavy (non-hydrogen) atoms. The Hall–Kier alpha value is -1.35. The zero-order chi connectivity index (χ0) is 10.6. The highest BCUT2D eigenvalue weighted by molar-refractivity contribution is 5.33. The number of aliphatic hydroxyl groups is 1. The van der Waals surface area contributed by atoms with E-state index in [1.54, 1.807) is 0 Å². The lowest BCUT2D eigenvalue weighted by molar-refractivity contribution is 0.268. The van der Waals surface area contributed by atoms with Gasteiger partial charge in [-0.15, -0.1) is 0 Å². The van der Waals surface area contributed by atoms with Crippen LogP contribution in [0.2, 0.25) is 0 Å². The van der Waals surface area contributed by atoms with E-state index in [0.717, 1.165) is 5.57 Å². The fourth-order valence-electron chi connectivity index (χ4n) is 1.01. The van der Waals surface area contributed by atoms with Crippen molar-refractivity contribution in [1.82, 2.24) is 0 Å². The van der Waals surface area contributed by atoms with Crippen molar-refractivity contribution in [1.29, 1.82) is 0 Å². The van der Waals surface area contributed by atoms with Gasteiger partial charge in [0, 0.05) is 5.56 Å². The fraction of sp³-hybridized carbons (Fsp3) is 0.273. The number of rotatable bonds is 4. The highest BCUT2D eigenvalue weighted by Gasteiger charge is 2.04. The van der Waals surface area contributed by atoms with Crippen molar-refractivity contribution in [3.8, 4) is 5.75 Å².